The molecule has 1 amide bonds. The molecule has 0 radical (unpaired) electrons. The first kappa shape index (κ1) is 15.0. The second kappa shape index (κ2) is 5.92. The number of amides is 1. The number of rotatable bonds is 4. The molecule has 1 fully saturated rings. The summed E-state index contributed by atoms with van der Waals surface area (Å²) in [6.07, 6.45) is 6.59. The number of aromatic nitrogens is 2. The van der Waals surface area contributed by atoms with Gasteiger partial charge in [0.25, 0.3) is 0 Å². The van der Waals surface area contributed by atoms with Crippen LogP contribution in [0, 0.1) is 0 Å². The molecule has 1 aliphatic rings. The highest BCUT2D eigenvalue weighted by Crippen LogP contribution is 2.20. The van der Waals surface area contributed by atoms with Crippen molar-refractivity contribution in [2.24, 2.45) is 0 Å². The predicted molar refractivity (Wildman–Crippen MR) is 74.6 cm³/mol. The van der Waals surface area contributed by atoms with Crippen molar-refractivity contribution >= 4 is 15.9 Å². The standard InChI is InChI=1S/C12H20N4O3S/c1-14(20(2,18)19)10-12(17)15-7-3-5-11(9-15)16-8-4-6-13-16/h4,6,8,11H,3,5,7,9-10H2,1-2H3/t11-/m0/s1. The minimum absolute atomic E-state index is 0.106. The maximum absolute atomic E-state index is 12.2. The van der Waals surface area contributed by atoms with Crippen molar-refractivity contribution in [3.63, 3.8) is 0 Å². The van der Waals surface area contributed by atoms with Crippen LogP contribution in [0.2, 0.25) is 0 Å². The molecule has 1 atom stereocenters. The summed E-state index contributed by atoms with van der Waals surface area (Å²) in [5.74, 6) is -0.158. The smallest absolute Gasteiger partial charge is 0.237 e. The number of likely N-dealkylation sites (N-methyl/N-ethyl adjacent to an activating group) is 1. The molecule has 20 heavy (non-hydrogen) atoms. The summed E-state index contributed by atoms with van der Waals surface area (Å²) >= 11 is 0. The number of hydrogen-bond donors (Lipinski definition) is 0. The lowest BCUT2D eigenvalue weighted by Crippen LogP contribution is -2.45. The van der Waals surface area contributed by atoms with Crippen molar-refractivity contribution in [1.29, 1.82) is 0 Å². The van der Waals surface area contributed by atoms with Crippen LogP contribution in [0.4, 0.5) is 0 Å². The molecule has 2 rings (SSSR count). The first-order chi connectivity index (χ1) is 9.38. The Hall–Kier alpha value is -1.41. The summed E-state index contributed by atoms with van der Waals surface area (Å²) in [5.41, 5.74) is 0. The van der Waals surface area contributed by atoms with Crippen LogP contribution in [0.5, 0.6) is 0 Å². The number of likely N-dealkylation sites (tertiary alicyclic amines) is 1. The Morgan fingerprint density at radius 1 is 1.50 bits per heavy atom. The van der Waals surface area contributed by atoms with Gasteiger partial charge < -0.3 is 4.90 Å². The van der Waals surface area contributed by atoms with Crippen LogP contribution in [0.15, 0.2) is 18.5 Å². The second-order valence-electron chi connectivity index (χ2n) is 5.14. The van der Waals surface area contributed by atoms with Gasteiger partial charge in [-0.2, -0.15) is 9.40 Å². The van der Waals surface area contributed by atoms with E-state index in [0.29, 0.717) is 13.1 Å². The first-order valence-corrected chi connectivity index (χ1v) is 8.41. The van der Waals surface area contributed by atoms with Crippen molar-refractivity contribution in [2.75, 3.05) is 32.9 Å². The van der Waals surface area contributed by atoms with Gasteiger partial charge in [0.1, 0.15) is 0 Å². The van der Waals surface area contributed by atoms with E-state index < -0.39 is 10.0 Å². The average Bonchev–Trinajstić information content (AvgIpc) is 2.91. The lowest BCUT2D eigenvalue weighted by molar-refractivity contribution is -0.132. The van der Waals surface area contributed by atoms with E-state index in [2.05, 4.69) is 5.10 Å². The van der Waals surface area contributed by atoms with Crippen LogP contribution in [0.1, 0.15) is 18.9 Å². The van der Waals surface area contributed by atoms with Crippen molar-refractivity contribution in [3.05, 3.63) is 18.5 Å². The van der Waals surface area contributed by atoms with Gasteiger partial charge in [-0.3, -0.25) is 9.48 Å². The molecule has 112 valence electrons. The Labute approximate surface area is 119 Å². The SMILES string of the molecule is CN(CC(=O)N1CCC[C@H](n2cccn2)C1)S(C)(=O)=O. The molecular weight excluding hydrogens is 280 g/mol. The van der Waals surface area contributed by atoms with Crippen LogP contribution >= 0.6 is 0 Å². The van der Waals surface area contributed by atoms with E-state index in [1.165, 1.54) is 7.05 Å². The highest BCUT2D eigenvalue weighted by Gasteiger charge is 2.26. The molecular formula is C12H20N4O3S. The number of hydrogen-bond acceptors (Lipinski definition) is 4. The fourth-order valence-electron chi connectivity index (χ4n) is 2.30. The van der Waals surface area contributed by atoms with Gasteiger partial charge in [0.2, 0.25) is 15.9 Å². The molecule has 1 saturated heterocycles. The highest BCUT2D eigenvalue weighted by molar-refractivity contribution is 7.88. The Balaban J connectivity index is 1.97. The molecule has 7 nitrogen and oxygen atoms in total. The number of carbonyl (C=O) groups excluding carboxylic acids is 1. The Morgan fingerprint density at radius 3 is 2.85 bits per heavy atom. The zero-order valence-electron chi connectivity index (χ0n) is 11.8. The Bertz CT molecular complexity index is 555. The number of carbonyl (C=O) groups is 1. The van der Waals surface area contributed by atoms with Gasteiger partial charge in [-0.05, 0) is 18.9 Å². The predicted octanol–water partition coefficient (Wildman–Crippen LogP) is -0.0620. The largest absolute Gasteiger partial charge is 0.339 e. The van der Waals surface area contributed by atoms with Crippen LogP contribution in [-0.2, 0) is 14.8 Å². The molecule has 1 aromatic heterocycles. The minimum atomic E-state index is -3.33. The zero-order valence-corrected chi connectivity index (χ0v) is 12.6. The van der Waals surface area contributed by atoms with Crippen LogP contribution in [0.25, 0.3) is 0 Å². The Morgan fingerprint density at radius 2 is 2.25 bits per heavy atom. The third-order valence-corrected chi connectivity index (χ3v) is 4.83. The number of sulfonamides is 1. The highest BCUT2D eigenvalue weighted by atomic mass is 32.2. The third-order valence-electron chi connectivity index (χ3n) is 3.57. The normalized spacial score (nSPS) is 20.4. The molecule has 2 heterocycles. The monoisotopic (exact) mass is 300 g/mol. The van der Waals surface area contributed by atoms with Gasteiger partial charge in [0.15, 0.2) is 0 Å². The molecule has 1 aromatic rings. The quantitative estimate of drug-likeness (QED) is 0.780. The van der Waals surface area contributed by atoms with Crippen LogP contribution in [-0.4, -0.2) is 66.2 Å². The van der Waals surface area contributed by atoms with Gasteiger partial charge in [0.05, 0.1) is 18.8 Å². The van der Waals surface area contributed by atoms with E-state index in [0.717, 1.165) is 23.4 Å². The molecule has 0 unspecified atom stereocenters. The summed E-state index contributed by atoms with van der Waals surface area (Å²) < 4.78 is 25.6. The molecule has 0 N–H and O–H groups in total. The summed E-state index contributed by atoms with van der Waals surface area (Å²) in [5, 5.41) is 4.21. The van der Waals surface area contributed by atoms with E-state index in [-0.39, 0.29) is 18.5 Å². The molecule has 0 aliphatic carbocycles. The van der Waals surface area contributed by atoms with E-state index in [9.17, 15) is 13.2 Å². The molecule has 0 aromatic carbocycles. The number of nitrogens with zero attached hydrogens (tertiary/aromatic N) is 4. The lowest BCUT2D eigenvalue weighted by atomic mass is 10.1. The topological polar surface area (TPSA) is 75.5 Å². The zero-order chi connectivity index (χ0) is 14.8. The van der Waals surface area contributed by atoms with Gasteiger partial charge >= 0.3 is 0 Å². The van der Waals surface area contributed by atoms with E-state index >= 15 is 0 Å². The second-order valence-corrected chi connectivity index (χ2v) is 7.23. The Kier molecular flexibility index (Phi) is 4.44. The molecule has 1 aliphatic heterocycles. The van der Waals surface area contributed by atoms with Crippen LogP contribution in [0.3, 0.4) is 0 Å². The van der Waals surface area contributed by atoms with Crippen molar-refractivity contribution in [1.82, 2.24) is 19.0 Å². The number of piperidine rings is 1. The molecule has 0 spiro atoms. The van der Waals surface area contributed by atoms with Gasteiger partial charge in [-0.25, -0.2) is 8.42 Å². The fourth-order valence-corrected chi connectivity index (χ4v) is 2.65. The van der Waals surface area contributed by atoms with Crippen molar-refractivity contribution in [2.45, 2.75) is 18.9 Å². The summed E-state index contributed by atoms with van der Waals surface area (Å²) in [6.45, 7) is 1.15. The molecule has 0 bridgehead atoms. The fraction of sp³-hybridized carbons (Fsp3) is 0.667. The lowest BCUT2D eigenvalue weighted by Gasteiger charge is -2.33. The first-order valence-electron chi connectivity index (χ1n) is 6.56. The summed E-state index contributed by atoms with van der Waals surface area (Å²) in [7, 11) is -1.91. The van der Waals surface area contributed by atoms with Gasteiger partial charge in [-0.1, -0.05) is 0 Å². The van der Waals surface area contributed by atoms with Crippen molar-refractivity contribution in [3.8, 4) is 0 Å². The van der Waals surface area contributed by atoms with E-state index in [1.807, 2.05) is 16.9 Å². The van der Waals surface area contributed by atoms with Gasteiger partial charge in [0, 0.05) is 32.5 Å². The van der Waals surface area contributed by atoms with Crippen LogP contribution < -0.4 is 0 Å². The summed E-state index contributed by atoms with van der Waals surface area (Å²) in [6, 6.07) is 2.03. The van der Waals surface area contributed by atoms with E-state index in [1.54, 1.807) is 11.1 Å². The maximum Gasteiger partial charge on any atom is 0.237 e. The van der Waals surface area contributed by atoms with Crippen molar-refractivity contribution < 1.29 is 13.2 Å². The minimum Gasteiger partial charge on any atom is -0.339 e. The summed E-state index contributed by atoms with van der Waals surface area (Å²) in [4.78, 5) is 13.9. The van der Waals surface area contributed by atoms with E-state index in [4.69, 9.17) is 0 Å². The third kappa shape index (κ3) is 3.57. The average molecular weight is 300 g/mol. The maximum atomic E-state index is 12.2. The van der Waals surface area contributed by atoms with Gasteiger partial charge in [-0.15, -0.1) is 0 Å². The molecule has 8 heteroatoms. The molecule has 0 saturated carbocycles.